The zero-order chi connectivity index (χ0) is 9.90. The lowest BCUT2D eigenvalue weighted by Crippen LogP contribution is -1.90. The lowest BCUT2D eigenvalue weighted by atomic mass is 11.0. The highest BCUT2D eigenvalue weighted by atomic mass is 32.2. The van der Waals surface area contributed by atoms with Crippen LogP contribution in [0, 0.1) is 3.95 Å². The average molecular weight is 258 g/mol. The second-order valence-corrected chi connectivity index (χ2v) is 6.90. The molecule has 1 heterocycles. The molecular formula is C4H7N2O3PS3. The minimum Gasteiger partial charge on any atom is -0.324 e. The molecule has 74 valence electrons. The van der Waals surface area contributed by atoms with Crippen molar-refractivity contribution in [2.24, 2.45) is 0 Å². The first-order chi connectivity index (χ1) is 5.97. The third-order valence-electron chi connectivity index (χ3n) is 1.03. The van der Waals surface area contributed by atoms with Crippen molar-refractivity contribution in [2.75, 3.05) is 11.9 Å². The van der Waals surface area contributed by atoms with Crippen molar-refractivity contribution in [1.29, 1.82) is 0 Å². The number of hydrogen-bond acceptors (Lipinski definition) is 5. The van der Waals surface area contributed by atoms with Crippen LogP contribution in [0.4, 0.5) is 0 Å². The van der Waals surface area contributed by atoms with Crippen LogP contribution in [-0.2, 0) is 4.57 Å². The van der Waals surface area contributed by atoms with Gasteiger partial charge in [-0.15, -0.1) is 0 Å². The van der Waals surface area contributed by atoms with E-state index < -0.39 is 7.60 Å². The number of nitrogens with one attached hydrogen (secondary N) is 1. The molecule has 1 aromatic heterocycles. The fourth-order valence-corrected chi connectivity index (χ4v) is 3.65. The highest BCUT2D eigenvalue weighted by Crippen LogP contribution is 2.36. The third-order valence-corrected chi connectivity index (χ3v) is 4.37. The molecule has 0 aliphatic carbocycles. The largest absolute Gasteiger partial charge is 0.326 e. The van der Waals surface area contributed by atoms with Gasteiger partial charge >= 0.3 is 7.60 Å². The second kappa shape index (κ2) is 4.68. The molecule has 5 nitrogen and oxygen atoms in total. The van der Waals surface area contributed by atoms with Crippen LogP contribution in [0.3, 0.4) is 0 Å². The summed E-state index contributed by atoms with van der Waals surface area (Å²) in [7, 11) is -3.88. The van der Waals surface area contributed by atoms with Crippen LogP contribution < -0.4 is 0 Å². The number of nitrogens with zero attached hydrogens (tertiary/aromatic N) is 1. The lowest BCUT2D eigenvalue weighted by Gasteiger charge is -2.00. The van der Waals surface area contributed by atoms with Gasteiger partial charge in [0.15, 0.2) is 8.29 Å². The Morgan fingerprint density at radius 3 is 2.85 bits per heavy atom. The molecule has 0 radical (unpaired) electrons. The molecule has 0 saturated heterocycles. The third kappa shape index (κ3) is 4.90. The van der Waals surface area contributed by atoms with Gasteiger partial charge in [-0.05, 0) is 12.2 Å². The Hall–Kier alpha value is 0.280. The number of rotatable bonds is 4. The van der Waals surface area contributed by atoms with Crippen LogP contribution in [0.2, 0.25) is 0 Å². The van der Waals surface area contributed by atoms with Crippen LogP contribution >= 0.6 is 42.9 Å². The summed E-state index contributed by atoms with van der Waals surface area (Å²) in [5, 5.41) is 6.42. The monoisotopic (exact) mass is 258 g/mol. The molecule has 0 fully saturated rings. The molecule has 0 bridgehead atoms. The second-order valence-electron chi connectivity index (χ2n) is 2.12. The van der Waals surface area contributed by atoms with E-state index in [2.05, 4.69) is 10.2 Å². The smallest absolute Gasteiger partial charge is 0.324 e. The fraction of sp³-hybridized carbons (Fsp3) is 0.500. The van der Waals surface area contributed by atoms with Crippen LogP contribution in [-0.4, -0.2) is 31.9 Å². The van der Waals surface area contributed by atoms with Crippen LogP contribution in [0.5, 0.6) is 0 Å². The van der Waals surface area contributed by atoms with Gasteiger partial charge in [-0.2, -0.15) is 5.10 Å². The molecule has 9 heteroatoms. The number of aromatic nitrogens is 2. The number of hydrogen-bond donors (Lipinski definition) is 3. The Bertz CT molecular complexity index is 369. The normalized spacial score (nSPS) is 11.8. The molecule has 1 aromatic rings. The Labute approximate surface area is 87.7 Å². The van der Waals surface area contributed by atoms with E-state index >= 15 is 0 Å². The van der Waals surface area contributed by atoms with E-state index in [0.717, 1.165) is 0 Å². The summed E-state index contributed by atoms with van der Waals surface area (Å²) < 4.78 is 11.7. The van der Waals surface area contributed by atoms with Gasteiger partial charge in [-0.25, -0.2) is 0 Å². The molecule has 0 aliphatic heterocycles. The van der Waals surface area contributed by atoms with Crippen molar-refractivity contribution >= 4 is 42.9 Å². The molecule has 0 unspecified atom stereocenters. The number of thioether (sulfide) groups is 1. The zero-order valence-corrected chi connectivity index (χ0v) is 9.68. The van der Waals surface area contributed by atoms with E-state index in [-0.39, 0.29) is 6.16 Å². The lowest BCUT2D eigenvalue weighted by molar-refractivity contribution is 0.375. The Morgan fingerprint density at radius 2 is 2.38 bits per heavy atom. The van der Waals surface area contributed by atoms with Crippen LogP contribution in [0.15, 0.2) is 4.34 Å². The minimum absolute atomic E-state index is 0.135. The van der Waals surface area contributed by atoms with Gasteiger partial charge in [0.05, 0.1) is 6.16 Å². The highest BCUT2D eigenvalue weighted by molar-refractivity contribution is 8.01. The zero-order valence-electron chi connectivity index (χ0n) is 6.34. The average Bonchev–Trinajstić information content (AvgIpc) is 2.33. The van der Waals surface area contributed by atoms with Gasteiger partial charge in [0.2, 0.25) is 0 Å². The number of H-pyrrole nitrogens is 1. The summed E-state index contributed by atoms with van der Waals surface area (Å²) in [6, 6.07) is 0. The summed E-state index contributed by atoms with van der Waals surface area (Å²) in [6.07, 6.45) is -0.135. The SMILES string of the molecule is O=P(O)(O)CCSc1n[nH]c(=S)s1. The predicted octanol–water partition coefficient (Wildman–Crippen LogP) is 1.47. The van der Waals surface area contributed by atoms with Gasteiger partial charge in [-0.1, -0.05) is 23.1 Å². The first kappa shape index (κ1) is 11.4. The molecule has 0 amide bonds. The summed E-state index contributed by atoms with van der Waals surface area (Å²) in [5.74, 6) is 0.348. The maximum Gasteiger partial charge on any atom is 0.326 e. The van der Waals surface area contributed by atoms with E-state index in [1.165, 1.54) is 23.1 Å². The molecule has 0 saturated carbocycles. The Kier molecular flexibility index (Phi) is 4.08. The van der Waals surface area contributed by atoms with Crippen molar-refractivity contribution in [3.05, 3.63) is 3.95 Å². The highest BCUT2D eigenvalue weighted by Gasteiger charge is 2.12. The van der Waals surface area contributed by atoms with Crippen molar-refractivity contribution in [3.8, 4) is 0 Å². The molecule has 1 rings (SSSR count). The van der Waals surface area contributed by atoms with E-state index in [1.54, 1.807) is 0 Å². The van der Waals surface area contributed by atoms with Crippen LogP contribution in [0.25, 0.3) is 0 Å². The quantitative estimate of drug-likeness (QED) is 0.431. The Morgan fingerprint density at radius 1 is 1.69 bits per heavy atom. The first-order valence-electron chi connectivity index (χ1n) is 3.20. The molecule has 0 aliphatic rings. The van der Waals surface area contributed by atoms with Crippen LogP contribution in [0.1, 0.15) is 0 Å². The fourth-order valence-electron chi connectivity index (χ4n) is 0.530. The van der Waals surface area contributed by atoms with Gasteiger partial charge in [0.1, 0.15) is 0 Å². The van der Waals surface area contributed by atoms with Gasteiger partial charge in [-0.3, -0.25) is 9.66 Å². The molecule has 0 aromatic carbocycles. The predicted molar refractivity (Wildman–Crippen MR) is 54.9 cm³/mol. The van der Waals surface area contributed by atoms with E-state index in [1.807, 2.05) is 0 Å². The van der Waals surface area contributed by atoms with Crippen molar-refractivity contribution in [1.82, 2.24) is 10.2 Å². The maximum absolute atomic E-state index is 10.5. The van der Waals surface area contributed by atoms with E-state index in [9.17, 15) is 4.57 Å². The summed E-state index contributed by atoms with van der Waals surface area (Å²) in [4.78, 5) is 17.1. The van der Waals surface area contributed by atoms with Gasteiger partial charge < -0.3 is 9.79 Å². The van der Waals surface area contributed by atoms with Crippen molar-refractivity contribution < 1.29 is 14.4 Å². The van der Waals surface area contributed by atoms with Gasteiger partial charge in [0, 0.05) is 5.75 Å². The minimum atomic E-state index is -3.88. The summed E-state index contributed by atoms with van der Waals surface area (Å²) >= 11 is 7.37. The Balaban J connectivity index is 2.36. The summed E-state index contributed by atoms with van der Waals surface area (Å²) in [6.45, 7) is 0. The first-order valence-corrected chi connectivity index (χ1v) is 7.21. The molecule has 0 spiro atoms. The molecule has 13 heavy (non-hydrogen) atoms. The van der Waals surface area contributed by atoms with Crippen molar-refractivity contribution in [2.45, 2.75) is 4.34 Å². The molecular weight excluding hydrogens is 251 g/mol. The standard InChI is InChI=1S/C4H7N2O3PS3/c7-10(8,9)1-2-12-4-6-5-3(11)13-4/h1-2H2,(H,5,11)(H2,7,8,9). The maximum atomic E-state index is 10.5. The number of aromatic amines is 1. The molecule has 3 N–H and O–H groups in total. The topological polar surface area (TPSA) is 86.2 Å². The van der Waals surface area contributed by atoms with Gasteiger partial charge in [0.25, 0.3) is 0 Å². The van der Waals surface area contributed by atoms with E-state index in [4.69, 9.17) is 22.0 Å². The summed E-state index contributed by atoms with van der Waals surface area (Å²) in [5.41, 5.74) is 0. The van der Waals surface area contributed by atoms with Crippen molar-refractivity contribution in [3.63, 3.8) is 0 Å². The van der Waals surface area contributed by atoms with E-state index in [0.29, 0.717) is 14.0 Å². The molecule has 0 atom stereocenters.